The van der Waals surface area contributed by atoms with Gasteiger partial charge in [0.05, 0.1) is 5.69 Å². The van der Waals surface area contributed by atoms with Crippen molar-refractivity contribution in [2.45, 2.75) is 78.6 Å². The number of aromatic nitrogens is 4. The van der Waals surface area contributed by atoms with Crippen LogP contribution in [0.1, 0.15) is 79.0 Å². The van der Waals surface area contributed by atoms with Crippen molar-refractivity contribution in [3.8, 4) is 28.7 Å². The molecule has 0 aliphatic rings. The summed E-state index contributed by atoms with van der Waals surface area (Å²) >= 11 is 0. The molecule has 3 heterocycles. The van der Waals surface area contributed by atoms with Crippen LogP contribution in [-0.4, -0.2) is 14.1 Å². The summed E-state index contributed by atoms with van der Waals surface area (Å²) in [5, 5.41) is 2.25. The summed E-state index contributed by atoms with van der Waals surface area (Å²) in [6.07, 6.45) is 9.50. The van der Waals surface area contributed by atoms with Gasteiger partial charge in [-0.05, 0) is 68.3 Å². The number of rotatable bonds is 5. The van der Waals surface area contributed by atoms with Crippen LogP contribution in [0.5, 0.6) is 11.5 Å². The van der Waals surface area contributed by atoms with Crippen LogP contribution in [0.15, 0.2) is 104 Å². The van der Waals surface area contributed by atoms with E-state index in [2.05, 4.69) is 157 Å². The molecule has 0 bridgehead atoms. The third-order valence-corrected chi connectivity index (χ3v) is 9.14. The quantitative estimate of drug-likeness (QED) is 0.128. The number of nitrogens with zero attached hydrogens (tertiary/aromatic N) is 4. The third kappa shape index (κ3) is 6.81. The minimum absolute atomic E-state index is 0. The molecule has 4 aromatic carbocycles. The molecule has 0 spiro atoms. The summed E-state index contributed by atoms with van der Waals surface area (Å²) in [5.41, 5.74) is 7.75. The van der Waals surface area contributed by atoms with Crippen LogP contribution < -0.4 is 9.30 Å². The van der Waals surface area contributed by atoms with Gasteiger partial charge in [0, 0.05) is 56.7 Å². The molecule has 3 aromatic heterocycles. The summed E-state index contributed by atoms with van der Waals surface area (Å²) < 4.78 is 12.7. The topological polar surface area (TPSA) is 35.9 Å². The summed E-state index contributed by atoms with van der Waals surface area (Å²) in [6, 6.07) is 36.5. The van der Waals surface area contributed by atoms with Gasteiger partial charge in [0.15, 0.2) is 0 Å². The molecule has 0 aliphatic heterocycles. The first kappa shape index (κ1) is 35.4. The molecule has 0 saturated carbocycles. The first-order valence-electron chi connectivity index (χ1n) is 17.0. The number of benzene rings is 4. The fourth-order valence-electron chi connectivity index (χ4n) is 6.35. The number of fused-ring (bicyclic) bond motifs is 3. The van der Waals surface area contributed by atoms with E-state index in [0.717, 1.165) is 39.0 Å². The van der Waals surface area contributed by atoms with E-state index in [1.165, 1.54) is 16.7 Å². The van der Waals surface area contributed by atoms with Gasteiger partial charge >= 0.3 is 0 Å². The minimum Gasteiger partial charge on any atom is -0.510 e. The molecule has 0 radical (unpaired) electrons. The SMILES string of the molecule is CC(C)(C)c1ccnc(-n2c3[c-]c(Oc4[c-]c(-n5[c-][n+](-c6cc(C(C)(C)C)ccc6C(C)(C)C)cc5)ccc4)ccc3c3ccccc32)c1.[Pt]. The summed E-state index contributed by atoms with van der Waals surface area (Å²) in [6.45, 7) is 20.2. The van der Waals surface area contributed by atoms with Gasteiger partial charge in [-0.2, -0.15) is 18.2 Å². The second-order valence-electron chi connectivity index (χ2n) is 16.0. The smallest absolute Gasteiger partial charge is 0.267 e. The normalized spacial score (nSPS) is 12.3. The zero-order valence-electron chi connectivity index (χ0n) is 30.3. The molecule has 258 valence electrons. The maximum Gasteiger partial charge on any atom is 0.267 e. The molecule has 5 nitrogen and oxygen atoms in total. The molecule has 0 fully saturated rings. The number of pyridine rings is 1. The predicted octanol–water partition coefficient (Wildman–Crippen LogP) is 10.3. The fourth-order valence-corrected chi connectivity index (χ4v) is 6.35. The number of hydrogen-bond acceptors (Lipinski definition) is 2. The second kappa shape index (κ2) is 13.0. The number of para-hydroxylation sites is 1. The first-order chi connectivity index (χ1) is 23.2. The largest absolute Gasteiger partial charge is 0.510 e. The zero-order valence-corrected chi connectivity index (χ0v) is 32.6. The van der Waals surface area contributed by atoms with Gasteiger partial charge in [0.1, 0.15) is 5.82 Å². The van der Waals surface area contributed by atoms with Crippen LogP contribution in [0.2, 0.25) is 0 Å². The van der Waals surface area contributed by atoms with Crippen molar-refractivity contribution in [3.63, 3.8) is 0 Å². The Kier molecular flexibility index (Phi) is 9.20. The van der Waals surface area contributed by atoms with Crippen molar-refractivity contribution in [2.24, 2.45) is 0 Å². The monoisotopic (exact) mass is 839 g/mol. The summed E-state index contributed by atoms with van der Waals surface area (Å²) in [7, 11) is 0. The van der Waals surface area contributed by atoms with Crippen molar-refractivity contribution in [2.75, 3.05) is 0 Å². The molecular weight excluding hydrogens is 796 g/mol. The van der Waals surface area contributed by atoms with Gasteiger partial charge in [-0.15, -0.1) is 29.7 Å². The maximum absolute atomic E-state index is 6.44. The fraction of sp³-hybridized carbons (Fsp3) is 0.273. The Labute approximate surface area is 310 Å². The van der Waals surface area contributed by atoms with E-state index < -0.39 is 0 Å². The Bertz CT molecular complexity index is 2330. The molecule has 7 rings (SSSR count). The van der Waals surface area contributed by atoms with Gasteiger partial charge in [0.2, 0.25) is 0 Å². The average Bonchev–Trinajstić information content (AvgIpc) is 3.67. The van der Waals surface area contributed by atoms with E-state index >= 15 is 0 Å². The van der Waals surface area contributed by atoms with Crippen molar-refractivity contribution in [1.29, 1.82) is 0 Å². The molecule has 6 heteroatoms. The number of hydrogen-bond donors (Lipinski definition) is 0. The molecular formula is C44H44N4OPt-2. The Balaban J connectivity index is 0.00000432. The van der Waals surface area contributed by atoms with E-state index in [9.17, 15) is 0 Å². The zero-order chi connectivity index (χ0) is 34.7. The molecule has 7 aromatic rings. The summed E-state index contributed by atoms with van der Waals surface area (Å²) in [5.74, 6) is 2.07. The van der Waals surface area contributed by atoms with Gasteiger partial charge < -0.3 is 13.9 Å². The van der Waals surface area contributed by atoms with Crippen molar-refractivity contribution < 1.29 is 30.4 Å². The second-order valence-corrected chi connectivity index (χ2v) is 16.0. The van der Waals surface area contributed by atoms with Crippen molar-refractivity contribution in [3.05, 3.63) is 139 Å². The van der Waals surface area contributed by atoms with Crippen LogP contribution in [-0.2, 0) is 37.3 Å². The molecule has 50 heavy (non-hydrogen) atoms. The van der Waals surface area contributed by atoms with Crippen LogP contribution in [0, 0.1) is 18.5 Å². The maximum atomic E-state index is 6.44. The molecule has 0 saturated heterocycles. The standard InChI is InChI=1S/C44H44N4O.Pt/c1-42(2,3)30-17-20-37(44(7,8)9)40(25-30)47-24-23-46(29-47)32-13-12-14-33(27-32)49-34-18-19-36-35-15-10-11-16-38(35)48(39(36)28-34)41-26-31(21-22-45-41)43(4,5)6;/h10-26H,1-9H3;/q-2;. The van der Waals surface area contributed by atoms with Crippen LogP contribution in [0.25, 0.3) is 39.0 Å². The van der Waals surface area contributed by atoms with Crippen molar-refractivity contribution in [1.82, 2.24) is 14.1 Å². The third-order valence-electron chi connectivity index (χ3n) is 9.14. The van der Waals surface area contributed by atoms with Crippen LogP contribution >= 0.6 is 0 Å². The first-order valence-corrected chi connectivity index (χ1v) is 17.0. The Morgan fingerprint density at radius 1 is 0.680 bits per heavy atom. The van der Waals surface area contributed by atoms with Crippen molar-refractivity contribution >= 4 is 21.8 Å². The number of ether oxygens (including phenoxy) is 1. The molecule has 0 atom stereocenters. The number of imidazole rings is 1. The van der Waals surface area contributed by atoms with Crippen LogP contribution in [0.4, 0.5) is 0 Å². The average molecular weight is 840 g/mol. The van der Waals surface area contributed by atoms with E-state index in [4.69, 9.17) is 9.72 Å². The minimum atomic E-state index is -0.0245. The van der Waals surface area contributed by atoms with Gasteiger partial charge in [-0.1, -0.05) is 98.2 Å². The van der Waals surface area contributed by atoms with Gasteiger partial charge in [0.25, 0.3) is 6.33 Å². The molecule has 0 N–H and O–H groups in total. The van der Waals surface area contributed by atoms with E-state index in [1.807, 2.05) is 41.2 Å². The Morgan fingerprint density at radius 2 is 1.40 bits per heavy atom. The van der Waals surface area contributed by atoms with E-state index in [1.54, 1.807) is 0 Å². The molecule has 0 aliphatic carbocycles. The van der Waals surface area contributed by atoms with E-state index in [-0.39, 0.29) is 37.3 Å². The Morgan fingerprint density at radius 3 is 2.14 bits per heavy atom. The molecule has 0 unspecified atom stereocenters. The van der Waals surface area contributed by atoms with Crippen LogP contribution in [0.3, 0.4) is 0 Å². The predicted molar refractivity (Wildman–Crippen MR) is 199 cm³/mol. The summed E-state index contributed by atoms with van der Waals surface area (Å²) in [4.78, 5) is 4.80. The Hall–Kier alpha value is -4.47. The van der Waals surface area contributed by atoms with Gasteiger partial charge in [-0.3, -0.25) is 4.57 Å². The van der Waals surface area contributed by atoms with E-state index in [0.29, 0.717) is 11.5 Å². The van der Waals surface area contributed by atoms with Gasteiger partial charge in [-0.25, -0.2) is 4.98 Å². The molecule has 0 amide bonds.